The van der Waals surface area contributed by atoms with Gasteiger partial charge in [-0.1, -0.05) is 15.9 Å². The maximum absolute atomic E-state index is 12.3. The van der Waals surface area contributed by atoms with E-state index in [9.17, 15) is 12.6 Å². The summed E-state index contributed by atoms with van der Waals surface area (Å²) in [5, 5.41) is 0. The van der Waals surface area contributed by atoms with E-state index >= 15 is 0 Å². The average molecular weight is 431 g/mol. The lowest BCUT2D eigenvalue weighted by Gasteiger charge is -2.22. The van der Waals surface area contributed by atoms with Crippen molar-refractivity contribution in [2.24, 2.45) is 0 Å². The van der Waals surface area contributed by atoms with E-state index in [1.807, 2.05) is 0 Å². The summed E-state index contributed by atoms with van der Waals surface area (Å²) in [6.07, 6.45) is 1.25. The predicted octanol–water partition coefficient (Wildman–Crippen LogP) is 2.40. The van der Waals surface area contributed by atoms with Crippen LogP contribution in [0.2, 0.25) is 0 Å². The molecule has 0 radical (unpaired) electrons. The van der Waals surface area contributed by atoms with Crippen LogP contribution in [0.5, 0.6) is 0 Å². The van der Waals surface area contributed by atoms with Crippen LogP contribution in [0.3, 0.4) is 0 Å². The van der Waals surface area contributed by atoms with Crippen LogP contribution in [-0.4, -0.2) is 30.2 Å². The van der Waals surface area contributed by atoms with Crippen molar-refractivity contribution in [3.05, 3.63) is 27.1 Å². The molecule has 1 fully saturated rings. The fraction of sp³-hybridized carbons (Fsp3) is 0.455. The van der Waals surface area contributed by atoms with Crippen LogP contribution >= 0.6 is 31.9 Å². The summed E-state index contributed by atoms with van der Waals surface area (Å²) in [6.45, 7) is 0. The minimum Gasteiger partial charge on any atom is -0.260 e. The number of benzene rings is 1. The maximum Gasteiger partial charge on any atom is 0.241 e. The van der Waals surface area contributed by atoms with Gasteiger partial charge in [-0.25, -0.2) is 13.1 Å². The highest BCUT2D eigenvalue weighted by molar-refractivity contribution is 9.11. The zero-order valence-corrected chi connectivity index (χ0v) is 14.7. The molecule has 1 aliphatic rings. The van der Waals surface area contributed by atoms with E-state index in [4.69, 9.17) is 0 Å². The van der Waals surface area contributed by atoms with Crippen LogP contribution in [0.25, 0.3) is 0 Å². The Labute approximate surface area is 132 Å². The molecule has 0 bridgehead atoms. The molecule has 0 saturated carbocycles. The van der Waals surface area contributed by atoms with Gasteiger partial charge >= 0.3 is 0 Å². The predicted molar refractivity (Wildman–Crippen MR) is 83.1 cm³/mol. The zero-order valence-electron chi connectivity index (χ0n) is 9.93. The Morgan fingerprint density at radius 2 is 1.84 bits per heavy atom. The smallest absolute Gasteiger partial charge is 0.241 e. The van der Waals surface area contributed by atoms with E-state index < -0.39 is 20.8 Å². The molecule has 1 N–H and O–H groups in total. The molecule has 106 valence electrons. The van der Waals surface area contributed by atoms with Gasteiger partial charge in [-0.3, -0.25) is 4.21 Å². The second-order valence-corrected chi connectivity index (χ2v) is 9.47. The molecule has 2 rings (SSSR count). The van der Waals surface area contributed by atoms with Crippen LogP contribution < -0.4 is 4.72 Å². The number of hydrogen-bond donors (Lipinski definition) is 1. The van der Waals surface area contributed by atoms with Gasteiger partial charge in [-0.2, -0.15) is 0 Å². The van der Waals surface area contributed by atoms with Gasteiger partial charge in [0.05, 0.1) is 4.90 Å². The molecule has 0 atom stereocenters. The molecule has 1 aliphatic heterocycles. The topological polar surface area (TPSA) is 63.2 Å². The molecule has 0 spiro atoms. The first-order valence-corrected chi connectivity index (χ1v) is 10.3. The van der Waals surface area contributed by atoms with Crippen molar-refractivity contribution >= 4 is 52.7 Å². The van der Waals surface area contributed by atoms with Crippen molar-refractivity contribution < 1.29 is 12.6 Å². The molecule has 19 heavy (non-hydrogen) atoms. The van der Waals surface area contributed by atoms with Crippen LogP contribution in [0, 0.1) is 0 Å². The average Bonchev–Trinajstić information content (AvgIpc) is 2.31. The molecule has 0 aliphatic carbocycles. The quantitative estimate of drug-likeness (QED) is 0.800. The summed E-state index contributed by atoms with van der Waals surface area (Å²) in [4.78, 5) is 0.224. The summed E-state index contributed by atoms with van der Waals surface area (Å²) in [7, 11) is -4.33. The Bertz CT molecular complexity index is 594. The SMILES string of the molecule is O=S1CCC(NS(=O)(=O)c2ccc(Br)cc2Br)CC1. The van der Waals surface area contributed by atoms with Gasteiger partial charge in [-0.05, 0) is 47.0 Å². The van der Waals surface area contributed by atoms with E-state index in [0.717, 1.165) is 4.47 Å². The van der Waals surface area contributed by atoms with Gasteiger partial charge in [0.2, 0.25) is 10.0 Å². The summed E-state index contributed by atoms with van der Waals surface area (Å²) in [6, 6.07) is 4.82. The highest BCUT2D eigenvalue weighted by atomic mass is 79.9. The van der Waals surface area contributed by atoms with Gasteiger partial charge in [-0.15, -0.1) is 0 Å². The van der Waals surface area contributed by atoms with Crippen molar-refractivity contribution in [3.63, 3.8) is 0 Å². The molecular formula is C11H13Br2NO3S2. The number of rotatable bonds is 3. The molecular weight excluding hydrogens is 418 g/mol. The first-order chi connectivity index (χ1) is 8.88. The molecule has 4 nitrogen and oxygen atoms in total. The van der Waals surface area contributed by atoms with Crippen LogP contribution in [0.15, 0.2) is 32.0 Å². The highest BCUT2D eigenvalue weighted by Gasteiger charge is 2.25. The third-order valence-corrected chi connectivity index (χ3v) is 7.27. The molecule has 1 saturated heterocycles. The van der Waals surface area contributed by atoms with E-state index in [1.165, 1.54) is 0 Å². The molecule has 0 aromatic heterocycles. The molecule has 8 heteroatoms. The number of nitrogens with one attached hydrogen (secondary N) is 1. The second kappa shape index (κ2) is 6.34. The lowest BCUT2D eigenvalue weighted by molar-refractivity contribution is 0.521. The highest BCUT2D eigenvalue weighted by Crippen LogP contribution is 2.26. The maximum atomic E-state index is 12.3. The fourth-order valence-electron chi connectivity index (χ4n) is 1.89. The number of halogens is 2. The summed E-state index contributed by atoms with van der Waals surface area (Å²) >= 11 is 6.55. The lowest BCUT2D eigenvalue weighted by Crippen LogP contribution is -2.39. The third-order valence-electron chi connectivity index (χ3n) is 2.89. The Morgan fingerprint density at radius 3 is 2.42 bits per heavy atom. The van der Waals surface area contributed by atoms with Crippen molar-refractivity contribution in [2.75, 3.05) is 11.5 Å². The van der Waals surface area contributed by atoms with E-state index in [-0.39, 0.29) is 10.9 Å². The van der Waals surface area contributed by atoms with E-state index in [2.05, 4.69) is 36.6 Å². The molecule has 0 unspecified atom stereocenters. The van der Waals surface area contributed by atoms with Crippen molar-refractivity contribution in [1.82, 2.24) is 4.72 Å². The lowest BCUT2D eigenvalue weighted by atomic mass is 10.2. The monoisotopic (exact) mass is 429 g/mol. The Balaban J connectivity index is 2.16. The Kier molecular flexibility index (Phi) is 5.21. The first-order valence-electron chi connectivity index (χ1n) is 5.71. The number of sulfonamides is 1. The van der Waals surface area contributed by atoms with E-state index in [1.54, 1.807) is 18.2 Å². The van der Waals surface area contributed by atoms with Crippen LogP contribution in [-0.2, 0) is 20.8 Å². The summed E-state index contributed by atoms with van der Waals surface area (Å²) < 4.78 is 39.8. The van der Waals surface area contributed by atoms with Gasteiger partial charge in [0, 0.05) is 37.3 Å². The van der Waals surface area contributed by atoms with Gasteiger partial charge < -0.3 is 0 Å². The standard InChI is InChI=1S/C11H13Br2NO3S2/c12-8-1-2-11(10(13)7-8)19(16,17)14-9-3-5-18(15)6-4-9/h1-2,7,9,14H,3-6H2. The van der Waals surface area contributed by atoms with Crippen LogP contribution in [0.4, 0.5) is 0 Å². The molecule has 1 aromatic rings. The largest absolute Gasteiger partial charge is 0.260 e. The van der Waals surface area contributed by atoms with E-state index in [0.29, 0.717) is 28.8 Å². The molecule has 1 heterocycles. The minimum atomic E-state index is -3.54. The van der Waals surface area contributed by atoms with Gasteiger partial charge in [0.15, 0.2) is 0 Å². The first kappa shape index (κ1) is 15.6. The van der Waals surface area contributed by atoms with Crippen molar-refractivity contribution in [3.8, 4) is 0 Å². The Hall–Kier alpha value is 0.240. The van der Waals surface area contributed by atoms with Gasteiger partial charge in [0.25, 0.3) is 0 Å². The normalized spacial score (nSPS) is 24.3. The third kappa shape index (κ3) is 4.10. The Morgan fingerprint density at radius 1 is 1.21 bits per heavy atom. The van der Waals surface area contributed by atoms with Crippen molar-refractivity contribution in [2.45, 2.75) is 23.8 Å². The number of hydrogen-bond acceptors (Lipinski definition) is 3. The summed E-state index contributed by atoms with van der Waals surface area (Å²) in [5.41, 5.74) is 0. The fourth-order valence-corrected chi connectivity index (χ4v) is 6.24. The van der Waals surface area contributed by atoms with Gasteiger partial charge in [0.1, 0.15) is 0 Å². The second-order valence-electron chi connectivity index (χ2n) is 4.32. The van der Waals surface area contributed by atoms with Crippen molar-refractivity contribution in [1.29, 1.82) is 0 Å². The minimum absolute atomic E-state index is 0.127. The summed E-state index contributed by atoms with van der Waals surface area (Å²) in [5.74, 6) is 1.13. The molecule has 0 amide bonds. The molecule has 1 aromatic carbocycles. The van der Waals surface area contributed by atoms with Crippen LogP contribution in [0.1, 0.15) is 12.8 Å². The zero-order chi connectivity index (χ0) is 14.0.